The van der Waals surface area contributed by atoms with E-state index >= 15 is 0 Å². The third kappa shape index (κ3) is 4.00. The summed E-state index contributed by atoms with van der Waals surface area (Å²) in [6.45, 7) is 3.67. The first-order valence-electron chi connectivity index (χ1n) is 6.23. The van der Waals surface area contributed by atoms with Gasteiger partial charge in [0.05, 0.1) is 11.7 Å². The first-order chi connectivity index (χ1) is 9.06. The summed E-state index contributed by atoms with van der Waals surface area (Å²) in [5.41, 5.74) is 8.95. The normalized spacial score (nSPS) is 9.95. The number of carbonyl (C=O) groups is 1. The second kappa shape index (κ2) is 6.96. The van der Waals surface area contributed by atoms with Crippen molar-refractivity contribution in [3.05, 3.63) is 54.1 Å². The molecule has 0 aliphatic rings. The number of benzene rings is 2. The number of anilines is 1. The van der Waals surface area contributed by atoms with Crippen molar-refractivity contribution in [3.8, 4) is 11.1 Å². The zero-order valence-corrected chi connectivity index (χ0v) is 12.3. The second-order valence-electron chi connectivity index (χ2n) is 4.66. The molecular formula is C16H18ClNO2. The van der Waals surface area contributed by atoms with Crippen LogP contribution in [0.3, 0.4) is 0 Å². The molecular weight excluding hydrogens is 274 g/mol. The van der Waals surface area contributed by atoms with Crippen molar-refractivity contribution in [2.45, 2.75) is 20.0 Å². The van der Waals surface area contributed by atoms with Crippen molar-refractivity contribution in [1.29, 1.82) is 0 Å². The van der Waals surface area contributed by atoms with E-state index < -0.39 is 0 Å². The quantitative estimate of drug-likeness (QED) is 0.689. The van der Waals surface area contributed by atoms with Crippen molar-refractivity contribution < 1.29 is 9.53 Å². The smallest absolute Gasteiger partial charge is 0.338 e. The summed E-state index contributed by atoms with van der Waals surface area (Å²) in [7, 11) is 0. The molecule has 3 nitrogen and oxygen atoms in total. The maximum atomic E-state index is 11.9. The van der Waals surface area contributed by atoms with Crippen LogP contribution in [0.4, 0.5) is 5.69 Å². The van der Waals surface area contributed by atoms with Gasteiger partial charge in [-0.2, -0.15) is 0 Å². The fourth-order valence-corrected chi connectivity index (χ4v) is 1.83. The second-order valence-corrected chi connectivity index (χ2v) is 4.66. The zero-order chi connectivity index (χ0) is 13.8. The van der Waals surface area contributed by atoms with Crippen molar-refractivity contribution in [2.24, 2.45) is 0 Å². The Balaban J connectivity index is 0.00000200. The molecule has 0 saturated heterocycles. The molecule has 20 heavy (non-hydrogen) atoms. The van der Waals surface area contributed by atoms with E-state index in [0.717, 1.165) is 11.1 Å². The van der Waals surface area contributed by atoms with Crippen LogP contribution in [0.2, 0.25) is 0 Å². The average molecular weight is 292 g/mol. The molecule has 0 unspecified atom stereocenters. The summed E-state index contributed by atoms with van der Waals surface area (Å²) >= 11 is 0. The minimum atomic E-state index is -0.305. The minimum Gasteiger partial charge on any atom is -0.459 e. The van der Waals surface area contributed by atoms with Gasteiger partial charge >= 0.3 is 5.97 Å². The topological polar surface area (TPSA) is 52.3 Å². The van der Waals surface area contributed by atoms with Gasteiger partial charge in [0.1, 0.15) is 0 Å². The number of carbonyl (C=O) groups excluding carboxylic acids is 1. The van der Waals surface area contributed by atoms with Gasteiger partial charge in [-0.05, 0) is 49.2 Å². The molecule has 0 heterocycles. The Morgan fingerprint density at radius 2 is 1.65 bits per heavy atom. The lowest BCUT2D eigenvalue weighted by Gasteiger charge is -2.09. The van der Waals surface area contributed by atoms with Crippen LogP contribution in [0.5, 0.6) is 0 Å². The molecule has 4 heteroatoms. The van der Waals surface area contributed by atoms with Crippen LogP contribution in [0.25, 0.3) is 11.1 Å². The molecule has 106 valence electrons. The Morgan fingerprint density at radius 3 is 2.25 bits per heavy atom. The largest absolute Gasteiger partial charge is 0.459 e. The lowest BCUT2D eigenvalue weighted by atomic mass is 10.0. The van der Waals surface area contributed by atoms with E-state index in [0.29, 0.717) is 11.3 Å². The molecule has 2 N–H and O–H groups in total. The number of hydrogen-bond donors (Lipinski definition) is 1. The molecule has 0 spiro atoms. The van der Waals surface area contributed by atoms with Crippen LogP contribution < -0.4 is 5.73 Å². The van der Waals surface area contributed by atoms with E-state index in [4.69, 9.17) is 10.5 Å². The van der Waals surface area contributed by atoms with Gasteiger partial charge in [-0.3, -0.25) is 0 Å². The van der Waals surface area contributed by atoms with Crippen LogP contribution in [-0.2, 0) is 4.74 Å². The molecule has 0 amide bonds. The number of nitrogens with two attached hydrogens (primary N) is 1. The first-order valence-corrected chi connectivity index (χ1v) is 6.23. The Morgan fingerprint density at radius 1 is 1.05 bits per heavy atom. The number of hydrogen-bond acceptors (Lipinski definition) is 3. The number of esters is 1. The number of nitrogen functional groups attached to an aromatic ring is 1. The molecule has 0 fully saturated rings. The van der Waals surface area contributed by atoms with E-state index in [9.17, 15) is 4.79 Å². The van der Waals surface area contributed by atoms with Gasteiger partial charge in [-0.15, -0.1) is 12.4 Å². The van der Waals surface area contributed by atoms with Gasteiger partial charge in [-0.1, -0.05) is 24.3 Å². The molecule has 2 aromatic rings. The predicted octanol–water partition coefficient (Wildman–Crippen LogP) is 3.92. The average Bonchev–Trinajstić information content (AvgIpc) is 2.38. The highest BCUT2D eigenvalue weighted by Crippen LogP contribution is 2.22. The summed E-state index contributed by atoms with van der Waals surface area (Å²) in [5.74, 6) is -0.305. The van der Waals surface area contributed by atoms with Gasteiger partial charge in [0, 0.05) is 5.69 Å². The maximum Gasteiger partial charge on any atom is 0.338 e. The summed E-state index contributed by atoms with van der Waals surface area (Å²) in [6.07, 6.45) is -0.122. The van der Waals surface area contributed by atoms with E-state index in [1.165, 1.54) is 0 Å². The van der Waals surface area contributed by atoms with Gasteiger partial charge in [0.25, 0.3) is 0 Å². The number of rotatable bonds is 3. The highest BCUT2D eigenvalue weighted by molar-refractivity contribution is 5.91. The van der Waals surface area contributed by atoms with Crippen LogP contribution >= 0.6 is 12.4 Å². The number of halogens is 1. The summed E-state index contributed by atoms with van der Waals surface area (Å²) < 4.78 is 5.19. The van der Waals surface area contributed by atoms with Crippen molar-refractivity contribution in [2.75, 3.05) is 5.73 Å². The minimum absolute atomic E-state index is 0. The molecule has 0 saturated carbocycles. The first kappa shape index (κ1) is 16.1. The van der Waals surface area contributed by atoms with Crippen LogP contribution in [0.1, 0.15) is 24.2 Å². The summed E-state index contributed by atoms with van der Waals surface area (Å²) in [6, 6.07) is 14.9. The van der Waals surface area contributed by atoms with Crippen molar-refractivity contribution >= 4 is 24.1 Å². The van der Waals surface area contributed by atoms with E-state index in [1.54, 1.807) is 6.07 Å². The van der Waals surface area contributed by atoms with E-state index in [-0.39, 0.29) is 24.5 Å². The van der Waals surface area contributed by atoms with Crippen molar-refractivity contribution in [3.63, 3.8) is 0 Å². The van der Waals surface area contributed by atoms with Gasteiger partial charge < -0.3 is 10.5 Å². The standard InChI is InChI=1S/C16H17NO2.ClH/c1-11(2)19-16(18)14-7-3-5-12(9-14)13-6-4-8-15(17)10-13;/h3-11H,17H2,1-2H3;1H. The SMILES string of the molecule is CC(C)OC(=O)c1cccc(-c2cccc(N)c2)c1.Cl. The molecule has 2 aromatic carbocycles. The Kier molecular flexibility index (Phi) is 5.59. The molecule has 2 rings (SSSR count). The lowest BCUT2D eigenvalue weighted by Crippen LogP contribution is -2.11. The number of ether oxygens (including phenoxy) is 1. The Hall–Kier alpha value is -2.00. The molecule has 0 aromatic heterocycles. The summed E-state index contributed by atoms with van der Waals surface area (Å²) in [4.78, 5) is 11.9. The molecule has 0 aliphatic heterocycles. The van der Waals surface area contributed by atoms with Crippen LogP contribution in [0, 0.1) is 0 Å². The lowest BCUT2D eigenvalue weighted by molar-refractivity contribution is 0.0378. The Bertz CT molecular complexity index is 597. The monoisotopic (exact) mass is 291 g/mol. The van der Waals surface area contributed by atoms with Crippen LogP contribution in [0.15, 0.2) is 48.5 Å². The summed E-state index contributed by atoms with van der Waals surface area (Å²) in [5, 5.41) is 0. The predicted molar refractivity (Wildman–Crippen MR) is 84.1 cm³/mol. The highest BCUT2D eigenvalue weighted by Gasteiger charge is 2.10. The van der Waals surface area contributed by atoms with Gasteiger partial charge in [0.15, 0.2) is 0 Å². The van der Waals surface area contributed by atoms with Crippen LogP contribution in [-0.4, -0.2) is 12.1 Å². The van der Waals surface area contributed by atoms with Crippen molar-refractivity contribution in [1.82, 2.24) is 0 Å². The third-order valence-electron chi connectivity index (χ3n) is 2.66. The highest BCUT2D eigenvalue weighted by atomic mass is 35.5. The molecule has 0 aliphatic carbocycles. The zero-order valence-electron chi connectivity index (χ0n) is 11.5. The maximum absolute atomic E-state index is 11.9. The van der Waals surface area contributed by atoms with Gasteiger partial charge in [0.2, 0.25) is 0 Å². The molecule has 0 bridgehead atoms. The Labute approximate surface area is 125 Å². The molecule has 0 radical (unpaired) electrons. The van der Waals surface area contributed by atoms with E-state index in [1.807, 2.05) is 56.3 Å². The van der Waals surface area contributed by atoms with Gasteiger partial charge in [-0.25, -0.2) is 4.79 Å². The fourth-order valence-electron chi connectivity index (χ4n) is 1.83. The fraction of sp³-hybridized carbons (Fsp3) is 0.188. The van der Waals surface area contributed by atoms with E-state index in [2.05, 4.69) is 0 Å². The third-order valence-corrected chi connectivity index (χ3v) is 2.66. The molecule has 0 atom stereocenters.